The van der Waals surface area contributed by atoms with E-state index in [1.54, 1.807) is 36.3 Å². The number of likely N-dealkylation sites (N-methyl/N-ethyl adjacent to an activating group) is 1. The first kappa shape index (κ1) is 14.9. The highest BCUT2D eigenvalue weighted by Crippen LogP contribution is 1.96. The first-order valence-corrected chi connectivity index (χ1v) is 6.38. The van der Waals surface area contributed by atoms with Crippen molar-refractivity contribution in [2.24, 2.45) is 0 Å². The highest BCUT2D eigenvalue weighted by molar-refractivity contribution is 5.80. The molecule has 0 aliphatic carbocycles. The molecule has 0 saturated carbocycles. The third kappa shape index (κ3) is 3.34. The Kier molecular flexibility index (Phi) is 4.49. The van der Waals surface area contributed by atoms with Crippen LogP contribution >= 0.6 is 0 Å². The van der Waals surface area contributed by atoms with Crippen molar-refractivity contribution in [1.29, 1.82) is 0 Å². The van der Waals surface area contributed by atoms with Crippen molar-refractivity contribution in [1.82, 2.24) is 19.1 Å². The minimum atomic E-state index is -0.503. The van der Waals surface area contributed by atoms with Gasteiger partial charge in [-0.25, -0.2) is 9.20 Å². The third-order valence-electron chi connectivity index (χ3n) is 2.99. The number of rotatable bonds is 5. The Hall–Kier alpha value is -2.48. The van der Waals surface area contributed by atoms with Crippen molar-refractivity contribution in [2.45, 2.75) is 6.42 Å². The van der Waals surface area contributed by atoms with Crippen LogP contribution < -0.4 is 5.69 Å². The predicted octanol–water partition coefficient (Wildman–Crippen LogP) is -0.369. The molecule has 0 fully saturated rings. The van der Waals surface area contributed by atoms with E-state index in [0.717, 1.165) is 4.68 Å². The number of pyridine rings is 1. The van der Waals surface area contributed by atoms with Gasteiger partial charge in [-0.2, -0.15) is 0 Å². The molecule has 2 aromatic heterocycles. The molecule has 2 heterocycles. The van der Waals surface area contributed by atoms with Crippen molar-refractivity contribution in [2.75, 3.05) is 27.2 Å². The van der Waals surface area contributed by atoms with Crippen LogP contribution in [0, 0.1) is 0 Å². The first-order chi connectivity index (χ1) is 10.0. The lowest BCUT2D eigenvalue weighted by Crippen LogP contribution is -2.36. The van der Waals surface area contributed by atoms with Gasteiger partial charge in [-0.1, -0.05) is 6.07 Å². The summed E-state index contributed by atoms with van der Waals surface area (Å²) in [6.45, 7) is 0.349. The van der Waals surface area contributed by atoms with Gasteiger partial charge in [-0.15, -0.1) is 9.78 Å². The van der Waals surface area contributed by atoms with E-state index in [1.807, 2.05) is 0 Å². The summed E-state index contributed by atoms with van der Waals surface area (Å²) in [6, 6.07) is 5.07. The Balaban J connectivity index is 2.07. The molecule has 2 rings (SSSR count). The van der Waals surface area contributed by atoms with Gasteiger partial charge in [0, 0.05) is 12.7 Å². The summed E-state index contributed by atoms with van der Waals surface area (Å²) in [5, 5.41) is 3.98. The molecule has 0 aliphatic rings. The lowest BCUT2D eigenvalue weighted by Gasteiger charge is -2.13. The summed E-state index contributed by atoms with van der Waals surface area (Å²) in [7, 11) is 2.99. The van der Waals surface area contributed by atoms with E-state index in [-0.39, 0.29) is 18.9 Å². The van der Waals surface area contributed by atoms with Gasteiger partial charge >= 0.3 is 11.7 Å². The largest absolute Gasteiger partial charge is 0.469 e. The zero-order chi connectivity index (χ0) is 15.4. The summed E-state index contributed by atoms with van der Waals surface area (Å²) in [5.41, 5.74) is -0.0926. The molecule has 21 heavy (non-hydrogen) atoms. The van der Waals surface area contributed by atoms with Gasteiger partial charge in [0.25, 0.3) is 5.91 Å². The lowest BCUT2D eigenvalue weighted by atomic mass is 10.4. The number of hydrogen-bond acceptors (Lipinski definition) is 6. The van der Waals surface area contributed by atoms with Crippen LogP contribution in [0.4, 0.5) is 0 Å². The SMILES string of the molecule is COC(=O)CCN(C)CC(=O)n1nc2ccccn2c1=O. The Labute approximate surface area is 120 Å². The molecular formula is C13H16N4O4. The lowest BCUT2D eigenvalue weighted by molar-refractivity contribution is -0.140. The molecule has 8 nitrogen and oxygen atoms in total. The van der Waals surface area contributed by atoms with Crippen LogP contribution in [0.15, 0.2) is 29.2 Å². The first-order valence-electron chi connectivity index (χ1n) is 6.38. The van der Waals surface area contributed by atoms with Crippen molar-refractivity contribution in [3.05, 3.63) is 34.9 Å². The second-order valence-corrected chi connectivity index (χ2v) is 4.58. The molecule has 0 saturated heterocycles. The number of fused-ring (bicyclic) bond motifs is 1. The molecule has 2 aromatic rings. The summed E-state index contributed by atoms with van der Waals surface area (Å²) >= 11 is 0. The van der Waals surface area contributed by atoms with E-state index in [0.29, 0.717) is 12.2 Å². The molecule has 0 radical (unpaired) electrons. The molecule has 0 unspecified atom stereocenters. The van der Waals surface area contributed by atoms with E-state index in [2.05, 4.69) is 9.84 Å². The summed E-state index contributed by atoms with van der Waals surface area (Å²) in [4.78, 5) is 36.8. The van der Waals surface area contributed by atoms with E-state index < -0.39 is 11.6 Å². The van der Waals surface area contributed by atoms with E-state index in [4.69, 9.17) is 0 Å². The Morgan fingerprint density at radius 3 is 2.81 bits per heavy atom. The van der Waals surface area contributed by atoms with Crippen molar-refractivity contribution in [3.63, 3.8) is 0 Å². The number of carbonyl (C=O) groups excluding carboxylic acids is 2. The second-order valence-electron chi connectivity index (χ2n) is 4.58. The fraction of sp³-hybridized carbons (Fsp3) is 0.385. The van der Waals surface area contributed by atoms with Crippen LogP contribution in [0.2, 0.25) is 0 Å². The zero-order valence-corrected chi connectivity index (χ0v) is 11.9. The molecule has 0 atom stereocenters. The summed E-state index contributed by atoms with van der Waals surface area (Å²) in [6.07, 6.45) is 1.73. The third-order valence-corrected chi connectivity index (χ3v) is 2.99. The van der Waals surface area contributed by atoms with Crippen LogP contribution in [0.25, 0.3) is 5.65 Å². The molecule has 0 bridgehead atoms. The van der Waals surface area contributed by atoms with Crippen LogP contribution in [0.3, 0.4) is 0 Å². The van der Waals surface area contributed by atoms with E-state index in [1.165, 1.54) is 11.5 Å². The number of methoxy groups -OCH3 is 1. The van der Waals surface area contributed by atoms with Crippen LogP contribution in [-0.2, 0) is 9.53 Å². The van der Waals surface area contributed by atoms with Gasteiger partial charge in [-0.3, -0.25) is 14.5 Å². The minimum absolute atomic E-state index is 0.0131. The fourth-order valence-electron chi connectivity index (χ4n) is 1.85. The number of carbonyl (C=O) groups is 2. The quantitative estimate of drug-likeness (QED) is 0.699. The molecule has 0 aliphatic heterocycles. The number of esters is 1. The van der Waals surface area contributed by atoms with Crippen LogP contribution in [0.5, 0.6) is 0 Å². The molecule has 0 spiro atoms. The average Bonchev–Trinajstić information content (AvgIpc) is 2.82. The van der Waals surface area contributed by atoms with Crippen molar-refractivity contribution >= 4 is 17.5 Å². The van der Waals surface area contributed by atoms with Gasteiger partial charge < -0.3 is 4.74 Å². The van der Waals surface area contributed by atoms with E-state index in [9.17, 15) is 14.4 Å². The number of nitrogens with zero attached hydrogens (tertiary/aromatic N) is 4. The fourth-order valence-corrected chi connectivity index (χ4v) is 1.85. The Morgan fingerprint density at radius 1 is 1.38 bits per heavy atom. The zero-order valence-electron chi connectivity index (χ0n) is 11.9. The van der Waals surface area contributed by atoms with Gasteiger partial charge in [-0.05, 0) is 19.2 Å². The maximum Gasteiger partial charge on any atom is 0.357 e. The van der Waals surface area contributed by atoms with Crippen LogP contribution in [-0.4, -0.2) is 58.2 Å². The van der Waals surface area contributed by atoms with Gasteiger partial charge in [0.05, 0.1) is 20.1 Å². The summed E-state index contributed by atoms with van der Waals surface area (Å²) < 4.78 is 6.66. The molecule has 0 aromatic carbocycles. The molecular weight excluding hydrogens is 276 g/mol. The summed E-state index contributed by atoms with van der Waals surface area (Å²) in [5.74, 6) is -0.796. The average molecular weight is 292 g/mol. The van der Waals surface area contributed by atoms with Crippen LogP contribution in [0.1, 0.15) is 11.2 Å². The van der Waals surface area contributed by atoms with Gasteiger partial charge in [0.1, 0.15) is 0 Å². The maximum absolute atomic E-state index is 12.1. The van der Waals surface area contributed by atoms with Crippen molar-refractivity contribution in [3.8, 4) is 0 Å². The normalized spacial score (nSPS) is 11.0. The van der Waals surface area contributed by atoms with Crippen molar-refractivity contribution < 1.29 is 14.3 Å². The van der Waals surface area contributed by atoms with Gasteiger partial charge in [0.2, 0.25) is 0 Å². The predicted molar refractivity (Wildman–Crippen MR) is 74.2 cm³/mol. The monoisotopic (exact) mass is 292 g/mol. The Morgan fingerprint density at radius 2 is 2.14 bits per heavy atom. The number of ether oxygens (including phenoxy) is 1. The van der Waals surface area contributed by atoms with E-state index >= 15 is 0 Å². The smallest absolute Gasteiger partial charge is 0.357 e. The number of hydrogen-bond donors (Lipinski definition) is 0. The minimum Gasteiger partial charge on any atom is -0.469 e. The Bertz CT molecular complexity index is 718. The highest BCUT2D eigenvalue weighted by atomic mass is 16.5. The number of aromatic nitrogens is 3. The molecule has 0 amide bonds. The topological polar surface area (TPSA) is 85.9 Å². The molecule has 112 valence electrons. The maximum atomic E-state index is 12.1. The second kappa shape index (κ2) is 6.31. The standard InChI is InChI=1S/C13H16N4O4/c1-15(8-6-12(19)21-2)9-11(18)17-13(20)16-7-4-3-5-10(16)14-17/h3-5,7H,6,8-9H2,1-2H3. The molecule has 0 N–H and O–H groups in total. The van der Waals surface area contributed by atoms with Gasteiger partial charge in [0.15, 0.2) is 5.65 Å². The highest BCUT2D eigenvalue weighted by Gasteiger charge is 2.16. The molecule has 8 heteroatoms.